The van der Waals surface area contributed by atoms with Crippen LogP contribution in [0.15, 0.2) is 57.8 Å². The van der Waals surface area contributed by atoms with Crippen molar-refractivity contribution in [1.82, 2.24) is 10.2 Å². The van der Waals surface area contributed by atoms with Crippen LogP contribution in [0.25, 0.3) is 0 Å². The number of nitrogens with one attached hydrogen (secondary N) is 1. The molecule has 0 bridgehead atoms. The predicted molar refractivity (Wildman–Crippen MR) is 124 cm³/mol. The van der Waals surface area contributed by atoms with Gasteiger partial charge in [-0.1, -0.05) is 36.8 Å². The summed E-state index contributed by atoms with van der Waals surface area (Å²) < 4.78 is 29.7. The van der Waals surface area contributed by atoms with Crippen molar-refractivity contribution in [3.05, 3.63) is 59.7 Å². The monoisotopic (exact) mass is 452 g/mol. The van der Waals surface area contributed by atoms with Crippen molar-refractivity contribution in [3.8, 4) is 0 Å². The van der Waals surface area contributed by atoms with Crippen molar-refractivity contribution in [3.63, 3.8) is 0 Å². The fourth-order valence-electron chi connectivity index (χ4n) is 4.83. The minimum Gasteiger partial charge on any atom is -0.348 e. The second-order valence-corrected chi connectivity index (χ2v) is 10.4. The zero-order valence-electron chi connectivity index (χ0n) is 18.0. The van der Waals surface area contributed by atoms with Gasteiger partial charge in [-0.3, -0.25) is 9.69 Å². The first kappa shape index (κ1) is 21.2. The Kier molecular flexibility index (Phi) is 5.73. The molecule has 0 saturated carbocycles. The average molecular weight is 453 g/mol. The number of likely N-dealkylation sites (tertiary alicyclic amines) is 1. The van der Waals surface area contributed by atoms with Crippen molar-refractivity contribution < 1.29 is 13.2 Å². The molecule has 0 spiro atoms. The number of anilines is 1. The molecule has 1 atom stereocenters. The number of hydrogen-bond acceptors (Lipinski definition) is 5. The maximum Gasteiger partial charge on any atom is 0.286 e. The van der Waals surface area contributed by atoms with Crippen LogP contribution in [0.1, 0.15) is 48.0 Å². The molecule has 3 aliphatic heterocycles. The lowest BCUT2D eigenvalue weighted by Gasteiger charge is -2.29. The number of nitrogens with zero attached hydrogens (tertiary/aromatic N) is 3. The lowest BCUT2D eigenvalue weighted by atomic mass is 10.1. The maximum absolute atomic E-state index is 12.9. The number of sulfonamides is 1. The number of fused-ring (bicyclic) bond motifs is 3. The van der Waals surface area contributed by atoms with Crippen LogP contribution < -0.4 is 10.2 Å². The van der Waals surface area contributed by atoms with Gasteiger partial charge in [-0.15, -0.1) is 4.40 Å². The van der Waals surface area contributed by atoms with Crippen LogP contribution in [0.2, 0.25) is 0 Å². The lowest BCUT2D eigenvalue weighted by Crippen LogP contribution is -2.38. The summed E-state index contributed by atoms with van der Waals surface area (Å²) in [6.45, 7) is 3.32. The Labute approximate surface area is 189 Å². The van der Waals surface area contributed by atoms with Crippen LogP contribution in [-0.4, -0.2) is 50.7 Å². The third-order valence-electron chi connectivity index (χ3n) is 6.47. The van der Waals surface area contributed by atoms with E-state index in [0.29, 0.717) is 23.5 Å². The highest BCUT2D eigenvalue weighted by Gasteiger charge is 2.32. The second-order valence-electron chi connectivity index (χ2n) is 8.81. The highest BCUT2D eigenvalue weighted by atomic mass is 32.2. The molecular weight excluding hydrogens is 424 g/mol. The van der Waals surface area contributed by atoms with Gasteiger partial charge in [-0.2, -0.15) is 8.42 Å². The third kappa shape index (κ3) is 4.29. The summed E-state index contributed by atoms with van der Waals surface area (Å²) in [5, 5.41) is 3.09. The maximum atomic E-state index is 12.9. The standard InChI is InChI=1S/C24H28N4O3S/c29-24(25-20-12-14-27(17-20)16-18-7-3-1-4-8-18)19-10-11-21-22(15-19)32(30,31)26-23-9-5-2-6-13-28(21)23/h1,3-4,7-8,10-11,15,20H,2,5-6,9,12-14,16-17H2,(H,25,29)/t20-/m0/s1. The molecule has 2 saturated heterocycles. The zero-order chi connectivity index (χ0) is 22.1. The van der Waals surface area contributed by atoms with Gasteiger partial charge in [-0.25, -0.2) is 0 Å². The Morgan fingerprint density at radius 3 is 2.75 bits per heavy atom. The highest BCUT2D eigenvalue weighted by Crippen LogP contribution is 2.35. The number of benzene rings is 2. The smallest absolute Gasteiger partial charge is 0.286 e. The summed E-state index contributed by atoms with van der Waals surface area (Å²) in [4.78, 5) is 17.4. The van der Waals surface area contributed by atoms with Crippen LogP contribution in [0.3, 0.4) is 0 Å². The molecule has 2 fully saturated rings. The third-order valence-corrected chi connectivity index (χ3v) is 7.80. The number of rotatable bonds is 4. The molecule has 0 aliphatic carbocycles. The number of carbonyl (C=O) groups is 1. The topological polar surface area (TPSA) is 82.1 Å². The highest BCUT2D eigenvalue weighted by molar-refractivity contribution is 7.90. The minimum absolute atomic E-state index is 0.0501. The first-order chi connectivity index (χ1) is 15.5. The van der Waals surface area contributed by atoms with E-state index in [1.54, 1.807) is 12.1 Å². The molecule has 1 N–H and O–H groups in total. The molecule has 0 unspecified atom stereocenters. The first-order valence-electron chi connectivity index (χ1n) is 11.3. The molecule has 32 heavy (non-hydrogen) atoms. The van der Waals surface area contributed by atoms with Crippen LogP contribution in [0, 0.1) is 0 Å². The number of amidine groups is 1. The van der Waals surface area contributed by atoms with Crippen LogP contribution in [0.5, 0.6) is 0 Å². The molecule has 8 heteroatoms. The molecule has 5 rings (SSSR count). The van der Waals surface area contributed by atoms with Crippen LogP contribution in [-0.2, 0) is 16.6 Å². The molecule has 3 heterocycles. The first-order valence-corrected chi connectivity index (χ1v) is 12.8. The van der Waals surface area contributed by atoms with Gasteiger partial charge >= 0.3 is 0 Å². The van der Waals surface area contributed by atoms with Crippen molar-refractivity contribution >= 4 is 27.5 Å². The summed E-state index contributed by atoms with van der Waals surface area (Å²) in [6, 6.07) is 15.3. The zero-order valence-corrected chi connectivity index (χ0v) is 18.9. The van der Waals surface area contributed by atoms with E-state index in [4.69, 9.17) is 0 Å². The molecule has 2 aromatic carbocycles. The molecule has 168 valence electrons. The predicted octanol–water partition coefficient (Wildman–Crippen LogP) is 3.17. The van der Waals surface area contributed by atoms with Gasteiger partial charge in [0.2, 0.25) is 0 Å². The quantitative estimate of drug-likeness (QED) is 0.771. The number of carbonyl (C=O) groups excluding carboxylic acids is 1. The van der Waals surface area contributed by atoms with Crippen molar-refractivity contribution in [2.45, 2.75) is 49.6 Å². The summed E-state index contributed by atoms with van der Waals surface area (Å²) in [7, 11) is -3.80. The molecule has 0 radical (unpaired) electrons. The SMILES string of the molecule is O=C(N[C@H]1CCN(Cc2ccccc2)C1)c1ccc2c(c1)S(=O)(=O)N=C1CCCCCN12. The van der Waals surface area contributed by atoms with Gasteiger partial charge in [0.05, 0.1) is 5.69 Å². The van der Waals surface area contributed by atoms with Gasteiger partial charge in [0.15, 0.2) is 0 Å². The number of amides is 1. The van der Waals surface area contributed by atoms with Gasteiger partial charge in [-0.05, 0) is 43.0 Å². The fraction of sp³-hybridized carbons (Fsp3) is 0.417. The van der Waals surface area contributed by atoms with E-state index in [9.17, 15) is 13.2 Å². The molecule has 1 amide bonds. The summed E-state index contributed by atoms with van der Waals surface area (Å²) in [5.74, 6) is 0.386. The van der Waals surface area contributed by atoms with E-state index in [1.165, 1.54) is 11.6 Å². The van der Waals surface area contributed by atoms with E-state index >= 15 is 0 Å². The normalized spacial score (nSPS) is 22.4. The average Bonchev–Trinajstić information content (AvgIpc) is 3.08. The van der Waals surface area contributed by atoms with E-state index in [1.807, 2.05) is 23.1 Å². The van der Waals surface area contributed by atoms with E-state index in [-0.39, 0.29) is 16.8 Å². The molecule has 2 aromatic rings. The van der Waals surface area contributed by atoms with E-state index < -0.39 is 10.0 Å². The van der Waals surface area contributed by atoms with Gasteiger partial charge in [0, 0.05) is 44.2 Å². The Morgan fingerprint density at radius 2 is 1.91 bits per heavy atom. The summed E-state index contributed by atoms with van der Waals surface area (Å²) >= 11 is 0. The van der Waals surface area contributed by atoms with Gasteiger partial charge in [0.1, 0.15) is 10.7 Å². The Morgan fingerprint density at radius 1 is 1.06 bits per heavy atom. The van der Waals surface area contributed by atoms with E-state index in [0.717, 1.165) is 51.9 Å². The molecule has 0 aromatic heterocycles. The second kappa shape index (κ2) is 8.67. The van der Waals surface area contributed by atoms with Gasteiger partial charge in [0.25, 0.3) is 15.9 Å². The molecule has 7 nitrogen and oxygen atoms in total. The molecular formula is C24H28N4O3S. The Bertz CT molecular complexity index is 1150. The summed E-state index contributed by atoms with van der Waals surface area (Å²) in [6.07, 6.45) is 4.56. The van der Waals surface area contributed by atoms with Crippen molar-refractivity contribution in [1.29, 1.82) is 0 Å². The van der Waals surface area contributed by atoms with Crippen LogP contribution >= 0.6 is 0 Å². The van der Waals surface area contributed by atoms with Crippen molar-refractivity contribution in [2.24, 2.45) is 4.40 Å². The van der Waals surface area contributed by atoms with E-state index in [2.05, 4.69) is 26.7 Å². The lowest BCUT2D eigenvalue weighted by molar-refractivity contribution is 0.0937. The fourth-order valence-corrected chi connectivity index (χ4v) is 6.11. The largest absolute Gasteiger partial charge is 0.348 e. The van der Waals surface area contributed by atoms with Gasteiger partial charge < -0.3 is 10.2 Å². The van der Waals surface area contributed by atoms with Crippen LogP contribution in [0.4, 0.5) is 5.69 Å². The Balaban J connectivity index is 1.29. The Hall–Kier alpha value is -2.71. The summed E-state index contributed by atoms with van der Waals surface area (Å²) in [5.41, 5.74) is 2.26. The molecule has 3 aliphatic rings. The number of hydrogen-bond donors (Lipinski definition) is 1. The van der Waals surface area contributed by atoms with Crippen molar-refractivity contribution in [2.75, 3.05) is 24.5 Å². The minimum atomic E-state index is -3.80.